The van der Waals surface area contributed by atoms with Crippen molar-refractivity contribution in [3.63, 3.8) is 0 Å². The highest BCUT2D eigenvalue weighted by Crippen LogP contribution is 2.42. The van der Waals surface area contributed by atoms with Crippen molar-refractivity contribution in [3.05, 3.63) is 0 Å². The van der Waals surface area contributed by atoms with Crippen molar-refractivity contribution < 1.29 is 14.6 Å². The van der Waals surface area contributed by atoms with E-state index in [-0.39, 0.29) is 17.7 Å². The van der Waals surface area contributed by atoms with Gasteiger partial charge < -0.3 is 19.6 Å². The van der Waals surface area contributed by atoms with Crippen molar-refractivity contribution in [2.75, 3.05) is 46.4 Å². The van der Waals surface area contributed by atoms with E-state index in [0.717, 1.165) is 26.2 Å². The SMILES string of the molecule is CN1C[C@@H]2CN(C(=O)CC3(O)CCOCC3)C[C@]2(C)C1. The molecule has 0 unspecified atom stereocenters. The molecule has 0 radical (unpaired) electrons. The van der Waals surface area contributed by atoms with Crippen LogP contribution in [0.1, 0.15) is 26.2 Å². The number of aliphatic hydroxyl groups is 1. The zero-order valence-electron chi connectivity index (χ0n) is 12.6. The summed E-state index contributed by atoms with van der Waals surface area (Å²) in [7, 11) is 2.15. The minimum absolute atomic E-state index is 0.118. The molecule has 0 bridgehead atoms. The molecule has 0 aromatic carbocycles. The number of carbonyl (C=O) groups is 1. The van der Waals surface area contributed by atoms with E-state index in [9.17, 15) is 9.90 Å². The lowest BCUT2D eigenvalue weighted by Gasteiger charge is -2.33. The van der Waals surface area contributed by atoms with E-state index in [1.165, 1.54) is 0 Å². The summed E-state index contributed by atoms with van der Waals surface area (Å²) >= 11 is 0. The maximum Gasteiger partial charge on any atom is 0.225 e. The van der Waals surface area contributed by atoms with Crippen LogP contribution in [0.3, 0.4) is 0 Å². The molecule has 1 N–H and O–H groups in total. The van der Waals surface area contributed by atoms with Gasteiger partial charge >= 0.3 is 0 Å². The van der Waals surface area contributed by atoms with E-state index >= 15 is 0 Å². The van der Waals surface area contributed by atoms with Gasteiger partial charge in [0.25, 0.3) is 0 Å². The van der Waals surface area contributed by atoms with Crippen molar-refractivity contribution in [1.82, 2.24) is 9.80 Å². The van der Waals surface area contributed by atoms with Crippen LogP contribution in [0.4, 0.5) is 0 Å². The van der Waals surface area contributed by atoms with E-state index in [0.29, 0.717) is 32.0 Å². The molecule has 2 atom stereocenters. The summed E-state index contributed by atoms with van der Waals surface area (Å²) < 4.78 is 5.27. The van der Waals surface area contributed by atoms with Gasteiger partial charge in [0, 0.05) is 57.6 Å². The number of carbonyl (C=O) groups excluding carboxylic acids is 1. The fourth-order valence-electron chi connectivity index (χ4n) is 4.14. The van der Waals surface area contributed by atoms with E-state index < -0.39 is 5.60 Å². The van der Waals surface area contributed by atoms with Crippen LogP contribution in [0, 0.1) is 11.3 Å². The summed E-state index contributed by atoms with van der Waals surface area (Å²) in [6, 6.07) is 0. The summed E-state index contributed by atoms with van der Waals surface area (Å²) in [6.45, 7) is 7.26. The van der Waals surface area contributed by atoms with Gasteiger partial charge in [-0.3, -0.25) is 4.79 Å². The number of fused-ring (bicyclic) bond motifs is 1. The average Bonchev–Trinajstić information content (AvgIpc) is 2.79. The van der Waals surface area contributed by atoms with Crippen LogP contribution in [0.25, 0.3) is 0 Å². The van der Waals surface area contributed by atoms with Crippen LogP contribution in [-0.2, 0) is 9.53 Å². The average molecular weight is 282 g/mol. The molecule has 0 aromatic heterocycles. The van der Waals surface area contributed by atoms with Crippen molar-refractivity contribution in [2.24, 2.45) is 11.3 Å². The first kappa shape index (κ1) is 14.3. The molecule has 5 nitrogen and oxygen atoms in total. The molecule has 1 amide bonds. The van der Waals surface area contributed by atoms with Crippen molar-refractivity contribution in [1.29, 1.82) is 0 Å². The molecule has 3 rings (SSSR count). The van der Waals surface area contributed by atoms with Crippen molar-refractivity contribution in [2.45, 2.75) is 31.8 Å². The third-order valence-electron chi connectivity index (χ3n) is 5.40. The van der Waals surface area contributed by atoms with Crippen LogP contribution in [-0.4, -0.2) is 72.9 Å². The smallest absolute Gasteiger partial charge is 0.225 e. The Kier molecular flexibility index (Phi) is 3.55. The Morgan fingerprint density at radius 1 is 1.30 bits per heavy atom. The van der Waals surface area contributed by atoms with Gasteiger partial charge in [0.1, 0.15) is 0 Å². The number of rotatable bonds is 2. The van der Waals surface area contributed by atoms with Crippen LogP contribution in [0.5, 0.6) is 0 Å². The summed E-state index contributed by atoms with van der Waals surface area (Å²) in [5.74, 6) is 0.702. The van der Waals surface area contributed by atoms with Gasteiger partial charge in [-0.15, -0.1) is 0 Å². The predicted octanol–water partition coefficient (Wildman–Crippen LogP) is 0.328. The first-order chi connectivity index (χ1) is 9.40. The maximum atomic E-state index is 12.5. The van der Waals surface area contributed by atoms with Gasteiger partial charge in [-0.1, -0.05) is 6.92 Å². The first-order valence-electron chi connectivity index (χ1n) is 7.67. The molecule has 114 valence electrons. The summed E-state index contributed by atoms with van der Waals surface area (Å²) in [5, 5.41) is 10.5. The number of hydrogen-bond acceptors (Lipinski definition) is 4. The number of likely N-dealkylation sites (tertiary alicyclic amines) is 2. The molecule has 3 heterocycles. The molecular weight excluding hydrogens is 256 g/mol. The molecule has 20 heavy (non-hydrogen) atoms. The van der Waals surface area contributed by atoms with Gasteiger partial charge in [-0.25, -0.2) is 0 Å². The fourth-order valence-corrected chi connectivity index (χ4v) is 4.14. The first-order valence-corrected chi connectivity index (χ1v) is 7.67. The van der Waals surface area contributed by atoms with Crippen molar-refractivity contribution >= 4 is 5.91 Å². The Morgan fingerprint density at radius 3 is 2.65 bits per heavy atom. The molecule has 3 saturated heterocycles. The van der Waals surface area contributed by atoms with Gasteiger partial charge in [-0.05, 0) is 13.0 Å². The van der Waals surface area contributed by atoms with Gasteiger partial charge in [0.05, 0.1) is 12.0 Å². The van der Waals surface area contributed by atoms with E-state index in [4.69, 9.17) is 4.74 Å². The third-order valence-corrected chi connectivity index (χ3v) is 5.40. The maximum absolute atomic E-state index is 12.5. The lowest BCUT2D eigenvalue weighted by molar-refractivity contribution is -0.140. The topological polar surface area (TPSA) is 53.0 Å². The van der Waals surface area contributed by atoms with Gasteiger partial charge in [0.15, 0.2) is 0 Å². The summed E-state index contributed by atoms with van der Waals surface area (Å²) in [6.07, 6.45) is 1.42. The Hall–Kier alpha value is -0.650. The minimum atomic E-state index is -0.843. The zero-order chi connectivity index (χ0) is 14.4. The Labute approximate surface area is 120 Å². The van der Waals surface area contributed by atoms with Crippen LogP contribution in [0.15, 0.2) is 0 Å². The minimum Gasteiger partial charge on any atom is -0.389 e. The largest absolute Gasteiger partial charge is 0.389 e. The highest BCUT2D eigenvalue weighted by molar-refractivity contribution is 5.77. The Bertz CT molecular complexity index is 395. The lowest BCUT2D eigenvalue weighted by atomic mass is 9.83. The summed E-state index contributed by atoms with van der Waals surface area (Å²) in [5.41, 5.74) is -0.604. The molecule has 0 saturated carbocycles. The zero-order valence-corrected chi connectivity index (χ0v) is 12.6. The normalized spacial score (nSPS) is 37.1. The molecule has 0 aliphatic carbocycles. The van der Waals surface area contributed by atoms with Gasteiger partial charge in [0.2, 0.25) is 5.91 Å². The molecular formula is C15H26N2O3. The second-order valence-corrected chi connectivity index (χ2v) is 7.34. The molecule has 3 aliphatic heterocycles. The second-order valence-electron chi connectivity index (χ2n) is 7.34. The molecule has 3 fully saturated rings. The standard InChI is InChI=1S/C15H26N2O3/c1-14-10-16(2)8-12(14)9-17(11-14)13(18)7-15(19)3-5-20-6-4-15/h12,19H,3-11H2,1-2H3/t12-,14+/m1/s1. The van der Waals surface area contributed by atoms with E-state index in [2.05, 4.69) is 18.9 Å². The Morgan fingerprint density at radius 2 is 2.00 bits per heavy atom. The lowest BCUT2D eigenvalue weighted by Crippen LogP contribution is -2.43. The molecule has 3 aliphatic rings. The molecule has 0 spiro atoms. The highest BCUT2D eigenvalue weighted by Gasteiger charge is 2.50. The van der Waals surface area contributed by atoms with E-state index in [1.807, 2.05) is 4.90 Å². The third kappa shape index (κ3) is 2.59. The monoisotopic (exact) mass is 282 g/mol. The second kappa shape index (κ2) is 4.97. The number of ether oxygens (including phenoxy) is 1. The van der Waals surface area contributed by atoms with E-state index in [1.54, 1.807) is 0 Å². The number of amides is 1. The van der Waals surface area contributed by atoms with Crippen molar-refractivity contribution in [3.8, 4) is 0 Å². The predicted molar refractivity (Wildman–Crippen MR) is 75.3 cm³/mol. The Balaban J connectivity index is 1.59. The van der Waals surface area contributed by atoms with Crippen LogP contribution >= 0.6 is 0 Å². The number of hydrogen-bond donors (Lipinski definition) is 1. The summed E-state index contributed by atoms with van der Waals surface area (Å²) in [4.78, 5) is 16.8. The number of nitrogens with zero attached hydrogens (tertiary/aromatic N) is 2. The fraction of sp³-hybridized carbons (Fsp3) is 0.933. The van der Waals surface area contributed by atoms with Gasteiger partial charge in [-0.2, -0.15) is 0 Å². The molecule has 5 heteroatoms. The highest BCUT2D eigenvalue weighted by atomic mass is 16.5. The molecule has 0 aromatic rings. The quantitative estimate of drug-likeness (QED) is 0.793. The van der Waals surface area contributed by atoms with Crippen LogP contribution < -0.4 is 0 Å². The van der Waals surface area contributed by atoms with Crippen LogP contribution in [0.2, 0.25) is 0 Å².